The molecule has 2 rings (SSSR count). The third-order valence-corrected chi connectivity index (χ3v) is 4.48. The Hall–Kier alpha value is -0.660. The SMILES string of the molecule is CC(C)NCC1CCCc2sc(COCC(F)(F)F)nc21. The zero-order valence-corrected chi connectivity index (χ0v) is 13.1. The number of aromatic nitrogens is 1. The van der Waals surface area contributed by atoms with Crippen LogP contribution in [0.4, 0.5) is 13.2 Å². The van der Waals surface area contributed by atoms with Gasteiger partial charge in [-0.25, -0.2) is 4.98 Å². The summed E-state index contributed by atoms with van der Waals surface area (Å²) in [5, 5.41) is 4.07. The Morgan fingerprint density at radius 2 is 2.19 bits per heavy atom. The maximum absolute atomic E-state index is 12.1. The monoisotopic (exact) mass is 322 g/mol. The van der Waals surface area contributed by atoms with Crippen molar-refractivity contribution < 1.29 is 17.9 Å². The summed E-state index contributed by atoms with van der Waals surface area (Å²) in [6.07, 6.45) is -1.10. The summed E-state index contributed by atoms with van der Waals surface area (Å²) in [7, 11) is 0. The zero-order chi connectivity index (χ0) is 15.5. The molecular weight excluding hydrogens is 301 g/mol. The highest BCUT2D eigenvalue weighted by Crippen LogP contribution is 2.34. The highest BCUT2D eigenvalue weighted by Gasteiger charge is 2.28. The lowest BCUT2D eigenvalue weighted by molar-refractivity contribution is -0.176. The molecule has 1 unspecified atom stereocenters. The Morgan fingerprint density at radius 1 is 1.43 bits per heavy atom. The molecule has 1 aromatic heterocycles. The van der Waals surface area contributed by atoms with Gasteiger partial charge in [-0.15, -0.1) is 11.3 Å². The Kier molecular flexibility index (Phi) is 5.62. The topological polar surface area (TPSA) is 34.1 Å². The number of fused-ring (bicyclic) bond motifs is 1. The molecule has 1 aliphatic rings. The molecule has 21 heavy (non-hydrogen) atoms. The molecule has 1 aliphatic carbocycles. The molecule has 0 bridgehead atoms. The quantitative estimate of drug-likeness (QED) is 0.868. The molecule has 7 heteroatoms. The Morgan fingerprint density at radius 3 is 2.86 bits per heavy atom. The average molecular weight is 322 g/mol. The van der Waals surface area contributed by atoms with Crippen molar-refractivity contribution in [3.8, 4) is 0 Å². The van der Waals surface area contributed by atoms with E-state index in [4.69, 9.17) is 4.74 Å². The van der Waals surface area contributed by atoms with Gasteiger partial charge in [0, 0.05) is 23.4 Å². The van der Waals surface area contributed by atoms with E-state index in [0.29, 0.717) is 17.0 Å². The van der Waals surface area contributed by atoms with Crippen molar-refractivity contribution in [3.63, 3.8) is 0 Å². The lowest BCUT2D eigenvalue weighted by atomic mass is 9.91. The van der Waals surface area contributed by atoms with E-state index in [9.17, 15) is 13.2 Å². The number of nitrogens with one attached hydrogen (secondary N) is 1. The van der Waals surface area contributed by atoms with Crippen LogP contribution in [-0.4, -0.2) is 30.4 Å². The first kappa shape index (κ1) is 16.7. The molecule has 1 N–H and O–H groups in total. The van der Waals surface area contributed by atoms with Crippen LogP contribution in [0, 0.1) is 0 Å². The lowest BCUT2D eigenvalue weighted by Crippen LogP contribution is -2.29. The van der Waals surface area contributed by atoms with Crippen LogP contribution in [0.2, 0.25) is 0 Å². The number of aryl methyl sites for hydroxylation is 1. The lowest BCUT2D eigenvalue weighted by Gasteiger charge is -2.22. The van der Waals surface area contributed by atoms with Crippen molar-refractivity contribution in [2.24, 2.45) is 0 Å². The second-order valence-electron chi connectivity index (χ2n) is 5.68. The standard InChI is InChI=1S/C14H21F3N2OS/c1-9(2)18-6-10-4-3-5-11-13(10)19-12(21-11)7-20-8-14(15,16)17/h9-10,18H,3-8H2,1-2H3. The summed E-state index contributed by atoms with van der Waals surface area (Å²) in [5.41, 5.74) is 1.06. The fourth-order valence-electron chi connectivity index (χ4n) is 2.45. The molecule has 1 aromatic rings. The number of halogens is 3. The van der Waals surface area contributed by atoms with Crippen molar-refractivity contribution in [2.75, 3.05) is 13.2 Å². The van der Waals surface area contributed by atoms with Gasteiger partial charge in [0.05, 0.1) is 12.3 Å². The second kappa shape index (κ2) is 7.07. The predicted octanol–water partition coefficient (Wildman–Crippen LogP) is 3.64. The molecule has 0 fully saturated rings. The molecule has 0 spiro atoms. The third kappa shape index (κ3) is 5.23. The highest BCUT2D eigenvalue weighted by molar-refractivity contribution is 7.11. The van der Waals surface area contributed by atoms with Crippen molar-refractivity contribution in [1.82, 2.24) is 10.3 Å². The van der Waals surface area contributed by atoms with Gasteiger partial charge in [0.25, 0.3) is 0 Å². The number of nitrogens with zero attached hydrogens (tertiary/aromatic N) is 1. The highest BCUT2D eigenvalue weighted by atomic mass is 32.1. The fraction of sp³-hybridized carbons (Fsp3) is 0.786. The Bertz CT molecular complexity index is 460. The smallest absolute Gasteiger partial charge is 0.365 e. The van der Waals surface area contributed by atoms with Gasteiger partial charge in [0.15, 0.2) is 0 Å². The molecule has 0 aromatic carbocycles. The summed E-state index contributed by atoms with van der Waals surface area (Å²) in [6.45, 7) is 3.80. The van der Waals surface area contributed by atoms with E-state index in [1.165, 1.54) is 16.2 Å². The van der Waals surface area contributed by atoms with E-state index < -0.39 is 12.8 Å². The molecule has 1 heterocycles. The summed E-state index contributed by atoms with van der Waals surface area (Å²) in [6, 6.07) is 0.420. The molecule has 1 atom stereocenters. The van der Waals surface area contributed by atoms with Gasteiger partial charge >= 0.3 is 6.18 Å². The number of hydrogen-bond acceptors (Lipinski definition) is 4. The van der Waals surface area contributed by atoms with Gasteiger partial charge in [0.1, 0.15) is 11.6 Å². The van der Waals surface area contributed by atoms with Crippen LogP contribution in [0.1, 0.15) is 48.2 Å². The number of hydrogen-bond donors (Lipinski definition) is 1. The summed E-state index contributed by atoms with van der Waals surface area (Å²) >= 11 is 1.49. The first-order chi connectivity index (χ1) is 9.85. The van der Waals surface area contributed by atoms with Crippen LogP contribution >= 0.6 is 11.3 Å². The van der Waals surface area contributed by atoms with Crippen LogP contribution in [-0.2, 0) is 17.8 Å². The first-order valence-electron chi connectivity index (χ1n) is 7.21. The average Bonchev–Trinajstić information content (AvgIpc) is 2.77. The van der Waals surface area contributed by atoms with Crippen LogP contribution in [0.15, 0.2) is 0 Å². The third-order valence-electron chi connectivity index (χ3n) is 3.38. The largest absolute Gasteiger partial charge is 0.411 e. The first-order valence-corrected chi connectivity index (χ1v) is 8.03. The molecule has 0 aliphatic heterocycles. The molecule has 0 radical (unpaired) electrons. The van der Waals surface area contributed by atoms with E-state index in [-0.39, 0.29) is 6.61 Å². The van der Waals surface area contributed by atoms with Crippen LogP contribution in [0.3, 0.4) is 0 Å². The summed E-state index contributed by atoms with van der Waals surface area (Å²) < 4.78 is 40.9. The molecule has 0 saturated carbocycles. The minimum Gasteiger partial charge on any atom is -0.365 e. The molecule has 120 valence electrons. The van der Waals surface area contributed by atoms with Gasteiger partial charge in [-0.05, 0) is 19.3 Å². The number of ether oxygens (including phenoxy) is 1. The van der Waals surface area contributed by atoms with Crippen LogP contribution in [0.25, 0.3) is 0 Å². The second-order valence-corrected chi connectivity index (χ2v) is 6.84. The minimum atomic E-state index is -4.28. The van der Waals surface area contributed by atoms with Crippen molar-refractivity contribution >= 4 is 11.3 Å². The van der Waals surface area contributed by atoms with Crippen LogP contribution < -0.4 is 5.32 Å². The summed E-state index contributed by atoms with van der Waals surface area (Å²) in [5.74, 6) is 0.365. The molecule has 0 saturated heterocycles. The van der Waals surface area contributed by atoms with Gasteiger partial charge in [0.2, 0.25) is 0 Å². The zero-order valence-electron chi connectivity index (χ0n) is 12.3. The van der Waals surface area contributed by atoms with Gasteiger partial charge in [-0.2, -0.15) is 13.2 Å². The molecular formula is C14H21F3N2OS. The number of thiazole rings is 1. The van der Waals surface area contributed by atoms with Crippen molar-refractivity contribution in [2.45, 2.75) is 57.9 Å². The minimum absolute atomic E-state index is 0.0541. The van der Waals surface area contributed by atoms with Crippen molar-refractivity contribution in [3.05, 3.63) is 15.6 Å². The normalized spacial score (nSPS) is 19.0. The van der Waals surface area contributed by atoms with E-state index in [2.05, 4.69) is 24.1 Å². The Labute approximate surface area is 126 Å². The fourth-order valence-corrected chi connectivity index (χ4v) is 3.58. The maximum atomic E-state index is 12.1. The van der Waals surface area contributed by atoms with Crippen LogP contribution in [0.5, 0.6) is 0 Å². The predicted molar refractivity (Wildman–Crippen MR) is 76.6 cm³/mol. The molecule has 3 nitrogen and oxygen atoms in total. The number of rotatable bonds is 6. The molecule has 0 amide bonds. The van der Waals surface area contributed by atoms with Gasteiger partial charge < -0.3 is 10.1 Å². The van der Waals surface area contributed by atoms with E-state index in [1.54, 1.807) is 0 Å². The van der Waals surface area contributed by atoms with Crippen molar-refractivity contribution in [1.29, 1.82) is 0 Å². The van der Waals surface area contributed by atoms with E-state index in [0.717, 1.165) is 31.5 Å². The van der Waals surface area contributed by atoms with Gasteiger partial charge in [-0.3, -0.25) is 0 Å². The van der Waals surface area contributed by atoms with Gasteiger partial charge in [-0.1, -0.05) is 13.8 Å². The maximum Gasteiger partial charge on any atom is 0.411 e. The van der Waals surface area contributed by atoms with E-state index in [1.807, 2.05) is 0 Å². The Balaban J connectivity index is 1.95. The summed E-state index contributed by atoms with van der Waals surface area (Å²) in [4.78, 5) is 5.73. The number of alkyl halides is 3. The van der Waals surface area contributed by atoms with E-state index >= 15 is 0 Å².